The molecule has 2 fully saturated rings. The zero-order valence-corrected chi connectivity index (χ0v) is 17.4. The Balaban J connectivity index is 1.78. The predicted molar refractivity (Wildman–Crippen MR) is 109 cm³/mol. The van der Waals surface area contributed by atoms with Crippen molar-refractivity contribution in [3.63, 3.8) is 0 Å². The summed E-state index contributed by atoms with van der Waals surface area (Å²) in [5.74, 6) is -0.844. The van der Waals surface area contributed by atoms with E-state index in [4.69, 9.17) is 11.6 Å². The molecular formula is C21H28ClN3O3. The van der Waals surface area contributed by atoms with Crippen molar-refractivity contribution in [2.45, 2.75) is 71.0 Å². The molecular weight excluding hydrogens is 378 g/mol. The smallest absolute Gasteiger partial charge is 0.243 e. The Morgan fingerprint density at radius 1 is 1.29 bits per heavy atom. The van der Waals surface area contributed by atoms with Gasteiger partial charge in [-0.2, -0.15) is 0 Å². The van der Waals surface area contributed by atoms with Crippen LogP contribution in [0, 0.1) is 12.8 Å². The number of benzene rings is 1. The lowest BCUT2D eigenvalue weighted by atomic mass is 9.84. The van der Waals surface area contributed by atoms with Crippen molar-refractivity contribution in [1.82, 2.24) is 10.2 Å². The van der Waals surface area contributed by atoms with E-state index in [1.165, 1.54) is 0 Å². The van der Waals surface area contributed by atoms with Gasteiger partial charge in [-0.15, -0.1) is 0 Å². The zero-order valence-electron chi connectivity index (χ0n) is 16.6. The van der Waals surface area contributed by atoms with Gasteiger partial charge in [-0.1, -0.05) is 44.4 Å². The molecule has 28 heavy (non-hydrogen) atoms. The number of piperazine rings is 1. The molecule has 1 aromatic carbocycles. The normalized spacial score (nSPS) is 24.5. The highest BCUT2D eigenvalue weighted by Crippen LogP contribution is 2.31. The average molecular weight is 406 g/mol. The van der Waals surface area contributed by atoms with Gasteiger partial charge in [0.25, 0.3) is 0 Å². The molecule has 7 heteroatoms. The van der Waals surface area contributed by atoms with Gasteiger partial charge in [0.15, 0.2) is 0 Å². The molecule has 0 spiro atoms. The number of nitrogens with one attached hydrogen (secondary N) is 2. The molecule has 1 saturated carbocycles. The third-order valence-corrected chi connectivity index (χ3v) is 6.04. The standard InChI is InChI=1S/C21H28ClN3O3/c1-12(2)21(28)25-17-7-5-4-6-16(17)24-20(27)18(25)11-19(26)23-14-9-8-13(3)15(22)10-14/h8-10,12,16-18H,4-7,11H2,1-3H3,(H,23,26)(H,24,27)/t16-,17+,18-/m1/s1. The molecule has 2 N–H and O–H groups in total. The summed E-state index contributed by atoms with van der Waals surface area (Å²) >= 11 is 6.12. The number of carbonyl (C=O) groups is 3. The number of hydrogen-bond donors (Lipinski definition) is 2. The summed E-state index contributed by atoms with van der Waals surface area (Å²) in [4.78, 5) is 40.0. The quantitative estimate of drug-likeness (QED) is 0.806. The van der Waals surface area contributed by atoms with Gasteiger partial charge in [0.2, 0.25) is 17.7 Å². The first kappa shape index (κ1) is 20.6. The fourth-order valence-corrected chi connectivity index (χ4v) is 4.29. The monoisotopic (exact) mass is 405 g/mol. The average Bonchev–Trinajstić information content (AvgIpc) is 2.64. The Bertz CT molecular complexity index is 780. The Morgan fingerprint density at radius 2 is 2.00 bits per heavy atom. The Morgan fingerprint density at radius 3 is 2.68 bits per heavy atom. The maximum Gasteiger partial charge on any atom is 0.243 e. The topological polar surface area (TPSA) is 78.5 Å². The van der Waals surface area contributed by atoms with Gasteiger partial charge >= 0.3 is 0 Å². The Kier molecular flexibility index (Phi) is 6.28. The summed E-state index contributed by atoms with van der Waals surface area (Å²) in [6.45, 7) is 5.55. The second kappa shape index (κ2) is 8.52. The van der Waals surface area contributed by atoms with Crippen molar-refractivity contribution >= 4 is 35.0 Å². The van der Waals surface area contributed by atoms with Crippen LogP contribution >= 0.6 is 11.6 Å². The highest BCUT2D eigenvalue weighted by atomic mass is 35.5. The van der Waals surface area contributed by atoms with Crippen molar-refractivity contribution < 1.29 is 14.4 Å². The minimum absolute atomic E-state index is 0.0147. The summed E-state index contributed by atoms with van der Waals surface area (Å²) in [5, 5.41) is 6.41. The number of aryl methyl sites for hydroxylation is 1. The maximum absolute atomic E-state index is 12.9. The van der Waals surface area contributed by atoms with E-state index < -0.39 is 6.04 Å². The number of anilines is 1. The van der Waals surface area contributed by atoms with Crippen molar-refractivity contribution in [1.29, 1.82) is 0 Å². The van der Waals surface area contributed by atoms with E-state index in [1.54, 1.807) is 17.0 Å². The molecule has 0 unspecified atom stereocenters. The van der Waals surface area contributed by atoms with Crippen LogP contribution in [-0.4, -0.2) is 40.7 Å². The number of hydrogen-bond acceptors (Lipinski definition) is 3. The molecule has 2 aliphatic rings. The molecule has 1 aliphatic heterocycles. The van der Waals surface area contributed by atoms with Gasteiger partial charge in [0, 0.05) is 22.7 Å². The van der Waals surface area contributed by atoms with Crippen LogP contribution in [0.25, 0.3) is 0 Å². The van der Waals surface area contributed by atoms with Crippen LogP contribution in [-0.2, 0) is 14.4 Å². The molecule has 1 aromatic rings. The zero-order chi connectivity index (χ0) is 20.4. The van der Waals surface area contributed by atoms with Crippen LogP contribution in [0.5, 0.6) is 0 Å². The summed E-state index contributed by atoms with van der Waals surface area (Å²) in [6.07, 6.45) is 3.73. The third kappa shape index (κ3) is 4.32. The first-order valence-corrected chi connectivity index (χ1v) is 10.3. The van der Waals surface area contributed by atoms with Gasteiger partial charge in [-0.25, -0.2) is 0 Å². The van der Waals surface area contributed by atoms with E-state index in [1.807, 2.05) is 26.8 Å². The van der Waals surface area contributed by atoms with Crippen LogP contribution in [0.3, 0.4) is 0 Å². The third-order valence-electron chi connectivity index (χ3n) is 5.64. The number of amides is 3. The van der Waals surface area contributed by atoms with Crippen LogP contribution < -0.4 is 10.6 Å². The molecule has 1 aliphatic carbocycles. The minimum Gasteiger partial charge on any atom is -0.349 e. The van der Waals surface area contributed by atoms with Crippen molar-refractivity contribution in [3.05, 3.63) is 28.8 Å². The number of carbonyl (C=O) groups excluding carboxylic acids is 3. The molecule has 0 bridgehead atoms. The van der Waals surface area contributed by atoms with E-state index in [9.17, 15) is 14.4 Å². The molecule has 6 nitrogen and oxygen atoms in total. The predicted octanol–water partition coefficient (Wildman–Crippen LogP) is 3.27. The molecule has 3 amide bonds. The Labute approximate surface area is 171 Å². The number of halogens is 1. The van der Waals surface area contributed by atoms with Crippen LogP contribution in [0.4, 0.5) is 5.69 Å². The molecule has 3 rings (SSSR count). The van der Waals surface area contributed by atoms with Crippen molar-refractivity contribution in [2.75, 3.05) is 5.32 Å². The van der Waals surface area contributed by atoms with Crippen molar-refractivity contribution in [2.24, 2.45) is 5.92 Å². The van der Waals surface area contributed by atoms with E-state index >= 15 is 0 Å². The van der Waals surface area contributed by atoms with Gasteiger partial charge in [0.1, 0.15) is 6.04 Å². The number of rotatable bonds is 4. The van der Waals surface area contributed by atoms with E-state index in [-0.39, 0.29) is 42.1 Å². The molecule has 0 aromatic heterocycles. The minimum atomic E-state index is -0.782. The molecule has 3 atom stereocenters. The van der Waals surface area contributed by atoms with Gasteiger partial charge < -0.3 is 15.5 Å². The van der Waals surface area contributed by atoms with Crippen molar-refractivity contribution in [3.8, 4) is 0 Å². The fourth-order valence-electron chi connectivity index (χ4n) is 4.11. The second-order valence-corrected chi connectivity index (χ2v) is 8.51. The first-order valence-electron chi connectivity index (χ1n) is 9.96. The summed E-state index contributed by atoms with van der Waals surface area (Å²) in [6, 6.07) is 4.45. The molecule has 152 valence electrons. The number of fused-ring (bicyclic) bond motifs is 1. The fraction of sp³-hybridized carbons (Fsp3) is 0.571. The lowest BCUT2D eigenvalue weighted by Gasteiger charge is -2.48. The highest BCUT2D eigenvalue weighted by molar-refractivity contribution is 6.31. The highest BCUT2D eigenvalue weighted by Gasteiger charge is 2.46. The lowest BCUT2D eigenvalue weighted by molar-refractivity contribution is -0.154. The van der Waals surface area contributed by atoms with E-state index in [0.29, 0.717) is 10.7 Å². The van der Waals surface area contributed by atoms with Crippen LogP contribution in [0.15, 0.2) is 18.2 Å². The lowest BCUT2D eigenvalue weighted by Crippen LogP contribution is -2.68. The Hall–Kier alpha value is -2.08. The summed E-state index contributed by atoms with van der Waals surface area (Å²) < 4.78 is 0. The molecule has 1 saturated heterocycles. The summed E-state index contributed by atoms with van der Waals surface area (Å²) in [7, 11) is 0. The van der Waals surface area contributed by atoms with Crippen LogP contribution in [0.2, 0.25) is 5.02 Å². The van der Waals surface area contributed by atoms with Crippen LogP contribution in [0.1, 0.15) is 51.5 Å². The number of nitrogens with zero attached hydrogens (tertiary/aromatic N) is 1. The molecule has 0 radical (unpaired) electrons. The summed E-state index contributed by atoms with van der Waals surface area (Å²) in [5.41, 5.74) is 1.50. The van der Waals surface area contributed by atoms with E-state index in [2.05, 4.69) is 10.6 Å². The van der Waals surface area contributed by atoms with Gasteiger partial charge in [-0.3, -0.25) is 14.4 Å². The van der Waals surface area contributed by atoms with Gasteiger partial charge in [-0.05, 0) is 37.5 Å². The maximum atomic E-state index is 12.9. The second-order valence-electron chi connectivity index (χ2n) is 8.10. The first-order chi connectivity index (χ1) is 13.3. The SMILES string of the molecule is Cc1ccc(NC(=O)C[C@@H]2C(=O)N[C@@H]3CCCC[C@@H]3N2C(=O)C(C)C)cc1Cl. The molecule has 1 heterocycles. The largest absolute Gasteiger partial charge is 0.349 e. The van der Waals surface area contributed by atoms with Gasteiger partial charge in [0.05, 0.1) is 12.5 Å². The van der Waals surface area contributed by atoms with E-state index in [0.717, 1.165) is 31.2 Å².